The van der Waals surface area contributed by atoms with Crippen molar-refractivity contribution in [2.75, 3.05) is 12.9 Å². The van der Waals surface area contributed by atoms with E-state index in [-0.39, 0.29) is 16.6 Å². The fourth-order valence-corrected chi connectivity index (χ4v) is 1.84. The van der Waals surface area contributed by atoms with E-state index in [2.05, 4.69) is 0 Å². The van der Waals surface area contributed by atoms with Crippen LogP contribution in [0.25, 0.3) is 0 Å². The lowest BCUT2D eigenvalue weighted by Crippen LogP contribution is -2.20. The maximum Gasteiger partial charge on any atom is 0.185 e. The number of hydrogen-bond donors (Lipinski definition) is 2. The van der Waals surface area contributed by atoms with Crippen LogP contribution in [0.15, 0.2) is 16.5 Å². The predicted molar refractivity (Wildman–Crippen MR) is 63.5 cm³/mol. The molecule has 0 aliphatic rings. The average molecular weight is 260 g/mol. The van der Waals surface area contributed by atoms with E-state index in [0.29, 0.717) is 12.4 Å². The maximum absolute atomic E-state index is 10.7. The standard InChI is InChI=1S/C11H16O5S/c1-7(12)17-6-9(13)11(14)10-4-3-8(16-10)5-15-2/h3-4,9,11,13-14H,5-6H2,1-2H3. The lowest BCUT2D eigenvalue weighted by atomic mass is 10.2. The summed E-state index contributed by atoms with van der Waals surface area (Å²) in [5.41, 5.74) is 0. The summed E-state index contributed by atoms with van der Waals surface area (Å²) in [5.74, 6) is 0.984. The lowest BCUT2D eigenvalue weighted by molar-refractivity contribution is -0.109. The molecule has 0 radical (unpaired) electrons. The monoisotopic (exact) mass is 260 g/mol. The molecule has 1 heterocycles. The molecule has 2 atom stereocenters. The Hall–Kier alpha value is -0.820. The minimum Gasteiger partial charge on any atom is -0.461 e. The van der Waals surface area contributed by atoms with Crippen LogP contribution in [-0.2, 0) is 16.1 Å². The molecule has 0 aliphatic heterocycles. The minimum atomic E-state index is -1.13. The Kier molecular flexibility index (Phi) is 5.70. The van der Waals surface area contributed by atoms with Gasteiger partial charge in [0.1, 0.15) is 24.2 Å². The smallest absolute Gasteiger partial charge is 0.185 e. The van der Waals surface area contributed by atoms with E-state index >= 15 is 0 Å². The van der Waals surface area contributed by atoms with Crippen LogP contribution in [-0.4, -0.2) is 34.3 Å². The Morgan fingerprint density at radius 1 is 1.53 bits per heavy atom. The molecule has 17 heavy (non-hydrogen) atoms. The van der Waals surface area contributed by atoms with E-state index in [1.807, 2.05) is 0 Å². The number of furan rings is 1. The number of methoxy groups -OCH3 is 1. The SMILES string of the molecule is COCc1ccc(C(O)C(O)CSC(C)=O)o1. The van der Waals surface area contributed by atoms with E-state index in [9.17, 15) is 15.0 Å². The summed E-state index contributed by atoms with van der Waals surface area (Å²) >= 11 is 0.964. The van der Waals surface area contributed by atoms with Crippen molar-refractivity contribution >= 4 is 16.9 Å². The van der Waals surface area contributed by atoms with Gasteiger partial charge in [0.25, 0.3) is 0 Å². The van der Waals surface area contributed by atoms with Crippen molar-refractivity contribution in [2.45, 2.75) is 25.7 Å². The van der Waals surface area contributed by atoms with Crippen LogP contribution in [0, 0.1) is 0 Å². The molecule has 0 amide bonds. The van der Waals surface area contributed by atoms with E-state index in [0.717, 1.165) is 11.8 Å². The first-order valence-electron chi connectivity index (χ1n) is 5.11. The van der Waals surface area contributed by atoms with Gasteiger partial charge in [0, 0.05) is 19.8 Å². The fourth-order valence-electron chi connectivity index (χ4n) is 1.26. The highest BCUT2D eigenvalue weighted by atomic mass is 32.2. The maximum atomic E-state index is 10.7. The first kappa shape index (κ1) is 14.2. The third-order valence-corrected chi connectivity index (χ3v) is 3.00. The molecular formula is C11H16O5S. The Bertz CT molecular complexity index is 362. The molecule has 0 saturated carbocycles. The number of hydrogen-bond acceptors (Lipinski definition) is 6. The lowest BCUT2D eigenvalue weighted by Gasteiger charge is -2.14. The van der Waals surface area contributed by atoms with Crippen LogP contribution in [0.1, 0.15) is 24.5 Å². The predicted octanol–water partition coefficient (Wildman–Crippen LogP) is 1.10. The first-order valence-corrected chi connectivity index (χ1v) is 6.10. The van der Waals surface area contributed by atoms with Crippen molar-refractivity contribution in [1.82, 2.24) is 0 Å². The molecule has 1 rings (SSSR count). The van der Waals surface area contributed by atoms with Crippen LogP contribution in [0.4, 0.5) is 0 Å². The first-order chi connectivity index (χ1) is 8.04. The molecule has 1 aromatic rings. The highest BCUT2D eigenvalue weighted by Crippen LogP contribution is 2.22. The second-order valence-corrected chi connectivity index (χ2v) is 4.75. The van der Waals surface area contributed by atoms with Gasteiger partial charge < -0.3 is 19.4 Å². The highest BCUT2D eigenvalue weighted by molar-refractivity contribution is 8.13. The van der Waals surface area contributed by atoms with Gasteiger partial charge in [-0.2, -0.15) is 0 Å². The molecule has 0 saturated heterocycles. The second-order valence-electron chi connectivity index (χ2n) is 3.55. The molecule has 5 nitrogen and oxygen atoms in total. The summed E-state index contributed by atoms with van der Waals surface area (Å²) in [6, 6.07) is 3.26. The number of aliphatic hydroxyl groups excluding tert-OH is 2. The van der Waals surface area contributed by atoms with Crippen LogP contribution < -0.4 is 0 Å². The average Bonchev–Trinajstić information content (AvgIpc) is 2.74. The summed E-state index contributed by atoms with van der Waals surface area (Å²) in [6.45, 7) is 1.72. The molecule has 0 fully saturated rings. The number of carbonyl (C=O) groups is 1. The molecule has 1 aromatic heterocycles. The van der Waals surface area contributed by atoms with Gasteiger partial charge in [-0.15, -0.1) is 0 Å². The number of carbonyl (C=O) groups excluding carboxylic acids is 1. The largest absolute Gasteiger partial charge is 0.461 e. The Morgan fingerprint density at radius 3 is 2.82 bits per heavy atom. The molecule has 2 unspecified atom stereocenters. The van der Waals surface area contributed by atoms with Crippen molar-refractivity contribution in [3.05, 3.63) is 23.7 Å². The summed E-state index contributed by atoms with van der Waals surface area (Å²) in [6.07, 6.45) is -2.17. The van der Waals surface area contributed by atoms with Crippen LogP contribution in [0.2, 0.25) is 0 Å². The molecular weight excluding hydrogens is 244 g/mol. The quantitative estimate of drug-likeness (QED) is 0.797. The molecule has 0 aromatic carbocycles. The van der Waals surface area contributed by atoms with Gasteiger partial charge >= 0.3 is 0 Å². The number of rotatable bonds is 6. The van der Waals surface area contributed by atoms with Crippen molar-refractivity contribution in [1.29, 1.82) is 0 Å². The number of aliphatic hydroxyl groups is 2. The van der Waals surface area contributed by atoms with Gasteiger partial charge in [-0.1, -0.05) is 11.8 Å². The Labute approximate surface area is 104 Å². The van der Waals surface area contributed by atoms with E-state index in [1.165, 1.54) is 14.0 Å². The topological polar surface area (TPSA) is 79.9 Å². The summed E-state index contributed by atoms with van der Waals surface area (Å²) in [4.78, 5) is 10.7. The van der Waals surface area contributed by atoms with Crippen LogP contribution >= 0.6 is 11.8 Å². The van der Waals surface area contributed by atoms with Crippen molar-refractivity contribution in [3.63, 3.8) is 0 Å². The second kappa shape index (κ2) is 6.80. The van der Waals surface area contributed by atoms with Crippen LogP contribution in [0.5, 0.6) is 0 Å². The zero-order valence-corrected chi connectivity index (χ0v) is 10.6. The third kappa shape index (κ3) is 4.51. The third-order valence-electron chi connectivity index (χ3n) is 2.08. The minimum absolute atomic E-state index is 0.101. The van der Waals surface area contributed by atoms with Gasteiger partial charge in [-0.05, 0) is 12.1 Å². The Morgan fingerprint density at radius 2 is 2.24 bits per heavy atom. The van der Waals surface area contributed by atoms with Gasteiger partial charge in [0.2, 0.25) is 0 Å². The normalized spacial score (nSPS) is 14.6. The molecule has 0 bridgehead atoms. The van der Waals surface area contributed by atoms with E-state index < -0.39 is 12.2 Å². The molecule has 96 valence electrons. The fraction of sp³-hybridized carbons (Fsp3) is 0.545. The molecule has 0 spiro atoms. The Balaban J connectivity index is 2.54. The van der Waals surface area contributed by atoms with Crippen molar-refractivity contribution in [2.24, 2.45) is 0 Å². The van der Waals surface area contributed by atoms with Gasteiger partial charge in [0.05, 0.1) is 6.10 Å². The number of thioether (sulfide) groups is 1. The van der Waals surface area contributed by atoms with Gasteiger partial charge in [0.15, 0.2) is 5.12 Å². The molecule has 0 aliphatic carbocycles. The zero-order chi connectivity index (χ0) is 12.8. The zero-order valence-electron chi connectivity index (χ0n) is 9.75. The summed E-state index contributed by atoms with van der Waals surface area (Å²) < 4.78 is 10.2. The molecule has 2 N–H and O–H groups in total. The van der Waals surface area contributed by atoms with Crippen molar-refractivity contribution < 1.29 is 24.2 Å². The number of ether oxygens (including phenoxy) is 1. The molecule has 6 heteroatoms. The van der Waals surface area contributed by atoms with Crippen molar-refractivity contribution in [3.8, 4) is 0 Å². The summed E-state index contributed by atoms with van der Waals surface area (Å²) in [5, 5.41) is 19.3. The summed E-state index contributed by atoms with van der Waals surface area (Å²) in [7, 11) is 1.54. The highest BCUT2D eigenvalue weighted by Gasteiger charge is 2.22. The van der Waals surface area contributed by atoms with E-state index in [4.69, 9.17) is 9.15 Å². The van der Waals surface area contributed by atoms with Gasteiger partial charge in [-0.3, -0.25) is 4.79 Å². The van der Waals surface area contributed by atoms with Crippen LogP contribution in [0.3, 0.4) is 0 Å². The van der Waals surface area contributed by atoms with E-state index in [1.54, 1.807) is 12.1 Å². The van der Waals surface area contributed by atoms with Gasteiger partial charge in [-0.25, -0.2) is 0 Å².